The highest BCUT2D eigenvalue weighted by Gasteiger charge is 2.06. The second-order valence-electron chi connectivity index (χ2n) is 2.49. The van der Waals surface area contributed by atoms with Crippen LogP contribution in [0.25, 0.3) is 0 Å². The molecule has 11 heavy (non-hydrogen) atoms. The Kier molecular flexibility index (Phi) is 3.56. The summed E-state index contributed by atoms with van der Waals surface area (Å²) in [5.74, 6) is 2.16. The highest BCUT2D eigenvalue weighted by Crippen LogP contribution is 2.09. The van der Waals surface area contributed by atoms with E-state index in [-0.39, 0.29) is 10.7 Å². The SMILES string of the molecule is COC(=O)N=S1CCCCC1. The third-order valence-electron chi connectivity index (χ3n) is 1.64. The summed E-state index contributed by atoms with van der Waals surface area (Å²) in [5, 5.41) is 0. The highest BCUT2D eigenvalue weighted by molar-refractivity contribution is 7.87. The Bertz CT molecular complexity index is 171. The minimum Gasteiger partial charge on any atom is -0.451 e. The summed E-state index contributed by atoms with van der Waals surface area (Å²) < 4.78 is 8.38. The molecule has 0 spiro atoms. The zero-order valence-corrected chi connectivity index (χ0v) is 7.52. The minimum absolute atomic E-state index is 0.0242. The smallest absolute Gasteiger partial charge is 0.439 e. The number of ether oxygens (including phenoxy) is 1. The van der Waals surface area contributed by atoms with Crippen LogP contribution in [0.2, 0.25) is 0 Å². The number of rotatable bonds is 0. The predicted octanol–water partition coefficient (Wildman–Crippen LogP) is 1.74. The molecule has 1 aliphatic heterocycles. The van der Waals surface area contributed by atoms with Gasteiger partial charge in [-0.3, -0.25) is 0 Å². The fraction of sp³-hybridized carbons (Fsp3) is 0.857. The number of hydrogen-bond acceptors (Lipinski definition) is 2. The Hall–Kier alpha value is -0.380. The number of hydrogen-bond donors (Lipinski definition) is 0. The maximum atomic E-state index is 10.7. The Labute approximate surface area is 69.2 Å². The molecular formula is C7H13NO2S. The van der Waals surface area contributed by atoms with Crippen LogP contribution in [0.5, 0.6) is 0 Å². The van der Waals surface area contributed by atoms with Gasteiger partial charge in [-0.15, -0.1) is 0 Å². The van der Waals surface area contributed by atoms with Gasteiger partial charge in [-0.05, 0) is 12.8 Å². The van der Waals surface area contributed by atoms with Crippen LogP contribution in [0.15, 0.2) is 4.36 Å². The number of amides is 1. The molecular weight excluding hydrogens is 162 g/mol. The third kappa shape index (κ3) is 3.01. The number of methoxy groups -OCH3 is 1. The maximum absolute atomic E-state index is 10.7. The molecule has 0 saturated carbocycles. The average Bonchev–Trinajstić information content (AvgIpc) is 2.06. The molecule has 1 fully saturated rings. The number of nitrogens with zero attached hydrogens (tertiary/aromatic N) is 1. The summed E-state index contributed by atoms with van der Waals surface area (Å²) >= 11 is 0. The summed E-state index contributed by atoms with van der Waals surface area (Å²) in [4.78, 5) is 10.7. The van der Waals surface area contributed by atoms with Gasteiger partial charge in [0.05, 0.1) is 7.11 Å². The van der Waals surface area contributed by atoms with E-state index in [1.807, 2.05) is 0 Å². The molecule has 0 aromatic rings. The first kappa shape index (κ1) is 8.71. The van der Waals surface area contributed by atoms with Crippen molar-refractivity contribution in [1.82, 2.24) is 0 Å². The van der Waals surface area contributed by atoms with Gasteiger partial charge in [-0.2, -0.15) is 4.36 Å². The monoisotopic (exact) mass is 175 g/mol. The summed E-state index contributed by atoms with van der Waals surface area (Å²) in [6.45, 7) is 0. The van der Waals surface area contributed by atoms with Crippen molar-refractivity contribution >= 4 is 16.8 Å². The van der Waals surface area contributed by atoms with Gasteiger partial charge >= 0.3 is 6.09 Å². The first-order valence-electron chi connectivity index (χ1n) is 3.80. The van der Waals surface area contributed by atoms with Gasteiger partial charge in [0, 0.05) is 11.5 Å². The maximum Gasteiger partial charge on any atom is 0.439 e. The van der Waals surface area contributed by atoms with Crippen LogP contribution >= 0.6 is 0 Å². The zero-order valence-electron chi connectivity index (χ0n) is 6.71. The second-order valence-corrected chi connectivity index (χ2v) is 4.42. The molecule has 1 saturated heterocycles. The van der Waals surface area contributed by atoms with Gasteiger partial charge in [-0.1, -0.05) is 17.1 Å². The Morgan fingerprint density at radius 2 is 2.00 bits per heavy atom. The quantitative estimate of drug-likeness (QED) is 0.562. The van der Waals surface area contributed by atoms with Crippen molar-refractivity contribution in [2.24, 2.45) is 4.36 Å². The van der Waals surface area contributed by atoms with Crippen LogP contribution in [0.1, 0.15) is 19.3 Å². The van der Waals surface area contributed by atoms with Crippen molar-refractivity contribution in [2.45, 2.75) is 19.3 Å². The fourth-order valence-electron chi connectivity index (χ4n) is 1.05. The van der Waals surface area contributed by atoms with Gasteiger partial charge < -0.3 is 4.74 Å². The summed E-state index contributed by atoms with van der Waals surface area (Å²) in [7, 11) is 1.35. The predicted molar refractivity (Wildman–Crippen MR) is 45.8 cm³/mol. The van der Waals surface area contributed by atoms with Gasteiger partial charge in [0.25, 0.3) is 0 Å². The van der Waals surface area contributed by atoms with Crippen LogP contribution in [0.4, 0.5) is 4.79 Å². The van der Waals surface area contributed by atoms with Gasteiger partial charge in [0.1, 0.15) is 0 Å². The molecule has 1 heterocycles. The molecule has 4 heteroatoms. The lowest BCUT2D eigenvalue weighted by atomic mass is 10.3. The molecule has 1 aliphatic rings. The fourth-order valence-corrected chi connectivity index (χ4v) is 2.80. The number of carbonyl (C=O) groups is 1. The number of carbonyl (C=O) groups excluding carboxylic acids is 1. The van der Waals surface area contributed by atoms with Crippen LogP contribution in [-0.2, 0) is 15.4 Å². The lowest BCUT2D eigenvalue weighted by molar-refractivity contribution is 0.183. The van der Waals surface area contributed by atoms with E-state index in [0.29, 0.717) is 0 Å². The van der Waals surface area contributed by atoms with E-state index in [1.54, 1.807) is 0 Å². The van der Waals surface area contributed by atoms with Crippen molar-refractivity contribution in [3.8, 4) is 0 Å². The molecule has 0 atom stereocenters. The van der Waals surface area contributed by atoms with E-state index < -0.39 is 6.09 Å². The van der Waals surface area contributed by atoms with Crippen molar-refractivity contribution < 1.29 is 9.53 Å². The lowest BCUT2D eigenvalue weighted by Gasteiger charge is -2.12. The van der Waals surface area contributed by atoms with Crippen LogP contribution in [0.3, 0.4) is 0 Å². The lowest BCUT2D eigenvalue weighted by Crippen LogP contribution is -2.11. The minimum atomic E-state index is -0.407. The van der Waals surface area contributed by atoms with Crippen molar-refractivity contribution in [1.29, 1.82) is 0 Å². The van der Waals surface area contributed by atoms with Gasteiger partial charge in [-0.25, -0.2) is 4.79 Å². The second kappa shape index (κ2) is 4.49. The topological polar surface area (TPSA) is 38.7 Å². The molecule has 0 bridgehead atoms. The molecule has 0 N–H and O–H groups in total. The Morgan fingerprint density at radius 1 is 1.36 bits per heavy atom. The van der Waals surface area contributed by atoms with E-state index >= 15 is 0 Å². The molecule has 64 valence electrons. The highest BCUT2D eigenvalue weighted by atomic mass is 32.2. The largest absolute Gasteiger partial charge is 0.451 e. The van der Waals surface area contributed by atoms with E-state index in [9.17, 15) is 4.79 Å². The van der Waals surface area contributed by atoms with Crippen molar-refractivity contribution in [3.05, 3.63) is 0 Å². The first-order valence-corrected chi connectivity index (χ1v) is 5.32. The zero-order chi connectivity index (χ0) is 8.10. The Morgan fingerprint density at radius 3 is 2.55 bits per heavy atom. The van der Waals surface area contributed by atoms with Crippen LogP contribution in [-0.4, -0.2) is 24.7 Å². The van der Waals surface area contributed by atoms with E-state index in [4.69, 9.17) is 0 Å². The molecule has 3 nitrogen and oxygen atoms in total. The Balaban J connectivity index is 2.43. The van der Waals surface area contributed by atoms with Crippen molar-refractivity contribution in [3.63, 3.8) is 0 Å². The van der Waals surface area contributed by atoms with E-state index in [0.717, 1.165) is 11.5 Å². The molecule has 1 amide bonds. The third-order valence-corrected chi connectivity index (χ3v) is 3.57. The standard InChI is InChI=1S/C7H13NO2S/c1-10-7(9)8-11-5-3-2-4-6-11/h2-6H2,1H3. The summed E-state index contributed by atoms with van der Waals surface area (Å²) in [6.07, 6.45) is 3.31. The molecule has 1 rings (SSSR count). The van der Waals surface area contributed by atoms with E-state index in [2.05, 4.69) is 9.10 Å². The summed E-state index contributed by atoms with van der Waals surface area (Å²) in [5.41, 5.74) is 0. The van der Waals surface area contributed by atoms with Gasteiger partial charge in [0.15, 0.2) is 0 Å². The average molecular weight is 175 g/mol. The van der Waals surface area contributed by atoms with Crippen LogP contribution < -0.4 is 0 Å². The van der Waals surface area contributed by atoms with Crippen molar-refractivity contribution in [2.75, 3.05) is 18.6 Å². The molecule has 0 aromatic heterocycles. The molecule has 0 unspecified atom stereocenters. The normalized spacial score (nSPS) is 19.4. The molecule has 0 radical (unpaired) electrons. The van der Waals surface area contributed by atoms with Crippen LogP contribution in [0, 0.1) is 0 Å². The molecule has 0 aliphatic carbocycles. The first-order chi connectivity index (χ1) is 5.33. The van der Waals surface area contributed by atoms with E-state index in [1.165, 1.54) is 26.4 Å². The summed E-state index contributed by atoms with van der Waals surface area (Å²) in [6, 6.07) is 0. The van der Waals surface area contributed by atoms with Gasteiger partial charge in [0.2, 0.25) is 0 Å². The molecule has 0 aromatic carbocycles.